The summed E-state index contributed by atoms with van der Waals surface area (Å²) in [6.45, 7) is 3.46. The predicted octanol–water partition coefficient (Wildman–Crippen LogP) is 0.485. The van der Waals surface area contributed by atoms with E-state index < -0.39 is 10.0 Å². The van der Waals surface area contributed by atoms with E-state index in [0.29, 0.717) is 18.5 Å². The van der Waals surface area contributed by atoms with Gasteiger partial charge in [-0.1, -0.05) is 6.92 Å². The Kier molecular flexibility index (Phi) is 5.24. The first-order valence-corrected chi connectivity index (χ1v) is 7.01. The fourth-order valence-corrected chi connectivity index (χ4v) is 2.68. The summed E-state index contributed by atoms with van der Waals surface area (Å²) in [4.78, 5) is 14.6. The number of hydrogen-bond acceptors (Lipinski definition) is 5. The molecule has 0 saturated carbocycles. The summed E-state index contributed by atoms with van der Waals surface area (Å²) >= 11 is 0. The van der Waals surface area contributed by atoms with E-state index in [1.54, 1.807) is 13.0 Å². The van der Waals surface area contributed by atoms with E-state index in [0.717, 1.165) is 0 Å². The molecule has 0 aromatic carbocycles. The van der Waals surface area contributed by atoms with Crippen LogP contribution in [0, 0.1) is 0 Å². The van der Waals surface area contributed by atoms with Crippen LogP contribution in [-0.2, 0) is 26.0 Å². The molecule has 1 aromatic heterocycles. The summed E-state index contributed by atoms with van der Waals surface area (Å²) in [5.41, 5.74) is 0.576. The minimum absolute atomic E-state index is 0.124. The number of pyridine rings is 1. The first kappa shape index (κ1) is 14.6. The van der Waals surface area contributed by atoms with Crippen LogP contribution in [-0.4, -0.2) is 32.5 Å². The molecule has 0 bridgehead atoms. The highest BCUT2D eigenvalue weighted by molar-refractivity contribution is 7.89. The zero-order valence-corrected chi connectivity index (χ0v) is 11.2. The Labute approximate surface area is 106 Å². The number of rotatable bonds is 6. The highest BCUT2D eigenvalue weighted by Crippen LogP contribution is 2.14. The average molecular weight is 272 g/mol. The van der Waals surface area contributed by atoms with Gasteiger partial charge in [-0.05, 0) is 11.6 Å². The van der Waals surface area contributed by atoms with E-state index in [-0.39, 0.29) is 17.5 Å². The van der Waals surface area contributed by atoms with Crippen LogP contribution in [0.2, 0.25) is 0 Å². The van der Waals surface area contributed by atoms with Crippen LogP contribution in [0.3, 0.4) is 0 Å². The summed E-state index contributed by atoms with van der Waals surface area (Å²) in [6, 6.07) is 1.60. The minimum atomic E-state index is -3.54. The first-order valence-electron chi connectivity index (χ1n) is 5.53. The Bertz CT molecular complexity index is 514. The van der Waals surface area contributed by atoms with Gasteiger partial charge in [0.25, 0.3) is 0 Å². The van der Waals surface area contributed by atoms with Gasteiger partial charge in [0.15, 0.2) is 0 Å². The first-order chi connectivity index (χ1) is 8.47. The average Bonchev–Trinajstić information content (AvgIpc) is 2.29. The summed E-state index contributed by atoms with van der Waals surface area (Å²) in [5.74, 6) is -0.389. The Balaban J connectivity index is 2.89. The molecule has 0 unspecified atom stereocenters. The quantitative estimate of drug-likeness (QED) is 0.761. The molecule has 7 heteroatoms. The van der Waals surface area contributed by atoms with Gasteiger partial charge in [0.2, 0.25) is 10.0 Å². The van der Waals surface area contributed by atoms with Crippen LogP contribution < -0.4 is 4.72 Å². The highest BCUT2D eigenvalue weighted by atomic mass is 32.2. The Morgan fingerprint density at radius 1 is 1.50 bits per heavy atom. The molecule has 0 saturated heterocycles. The maximum Gasteiger partial charge on any atom is 0.302 e. The Hall–Kier alpha value is -1.47. The number of nitrogens with zero attached hydrogens (tertiary/aromatic N) is 1. The molecular weight excluding hydrogens is 256 g/mol. The van der Waals surface area contributed by atoms with Crippen LogP contribution in [0.1, 0.15) is 19.4 Å². The summed E-state index contributed by atoms with van der Waals surface area (Å²) < 4.78 is 31.0. The molecule has 0 aliphatic heterocycles. The molecule has 0 aliphatic rings. The van der Waals surface area contributed by atoms with Gasteiger partial charge in [0, 0.05) is 32.3 Å². The highest BCUT2D eigenvalue weighted by Gasteiger charge is 2.17. The van der Waals surface area contributed by atoms with Crippen LogP contribution in [0.4, 0.5) is 0 Å². The van der Waals surface area contributed by atoms with Crippen molar-refractivity contribution in [2.24, 2.45) is 0 Å². The Morgan fingerprint density at radius 3 is 2.83 bits per heavy atom. The maximum atomic E-state index is 11.9. The van der Waals surface area contributed by atoms with Crippen molar-refractivity contribution in [3.63, 3.8) is 0 Å². The SMILES string of the molecule is CCNS(=O)(=O)c1cnccc1CCOC(C)=O. The van der Waals surface area contributed by atoms with Gasteiger partial charge in [0.1, 0.15) is 4.90 Å². The second-order valence-corrected chi connectivity index (χ2v) is 5.31. The molecule has 1 heterocycles. The lowest BCUT2D eigenvalue weighted by Gasteiger charge is -2.09. The van der Waals surface area contributed by atoms with Crippen LogP contribution >= 0.6 is 0 Å². The molecule has 0 spiro atoms. The largest absolute Gasteiger partial charge is 0.466 e. The summed E-state index contributed by atoms with van der Waals surface area (Å²) in [7, 11) is -3.54. The minimum Gasteiger partial charge on any atom is -0.466 e. The third kappa shape index (κ3) is 4.08. The third-order valence-corrected chi connectivity index (χ3v) is 3.79. The smallest absolute Gasteiger partial charge is 0.302 e. The van der Waals surface area contributed by atoms with E-state index in [4.69, 9.17) is 4.74 Å². The molecule has 0 radical (unpaired) electrons. The van der Waals surface area contributed by atoms with Gasteiger partial charge in [0.05, 0.1) is 6.61 Å². The zero-order valence-electron chi connectivity index (χ0n) is 10.3. The Morgan fingerprint density at radius 2 is 2.22 bits per heavy atom. The van der Waals surface area contributed by atoms with Gasteiger partial charge < -0.3 is 4.74 Å². The monoisotopic (exact) mass is 272 g/mol. The maximum absolute atomic E-state index is 11.9. The predicted molar refractivity (Wildman–Crippen MR) is 65.4 cm³/mol. The number of sulfonamides is 1. The van der Waals surface area contributed by atoms with Crippen molar-refractivity contribution in [3.8, 4) is 0 Å². The topological polar surface area (TPSA) is 85.4 Å². The van der Waals surface area contributed by atoms with Gasteiger partial charge in [-0.25, -0.2) is 13.1 Å². The summed E-state index contributed by atoms with van der Waals surface area (Å²) in [6.07, 6.45) is 3.14. The number of esters is 1. The number of carbonyl (C=O) groups excluding carboxylic acids is 1. The molecule has 0 aliphatic carbocycles. The number of hydrogen-bond donors (Lipinski definition) is 1. The van der Waals surface area contributed by atoms with Gasteiger partial charge >= 0.3 is 5.97 Å². The third-order valence-electron chi connectivity index (χ3n) is 2.17. The van der Waals surface area contributed by atoms with Crippen molar-refractivity contribution in [2.75, 3.05) is 13.2 Å². The molecule has 0 amide bonds. The lowest BCUT2D eigenvalue weighted by atomic mass is 10.2. The lowest BCUT2D eigenvalue weighted by molar-refractivity contribution is -0.140. The number of aromatic nitrogens is 1. The molecule has 0 fully saturated rings. The fraction of sp³-hybridized carbons (Fsp3) is 0.455. The van der Waals surface area contributed by atoms with Crippen LogP contribution in [0.25, 0.3) is 0 Å². The second kappa shape index (κ2) is 6.46. The molecule has 1 rings (SSSR count). The lowest BCUT2D eigenvalue weighted by Crippen LogP contribution is -2.24. The number of nitrogens with one attached hydrogen (secondary N) is 1. The van der Waals surface area contributed by atoms with E-state index in [9.17, 15) is 13.2 Å². The molecule has 18 heavy (non-hydrogen) atoms. The van der Waals surface area contributed by atoms with Gasteiger partial charge in [-0.15, -0.1) is 0 Å². The number of carbonyl (C=O) groups is 1. The van der Waals surface area contributed by atoms with Crippen molar-refractivity contribution in [1.82, 2.24) is 9.71 Å². The molecular formula is C11H16N2O4S. The van der Waals surface area contributed by atoms with Gasteiger partial charge in [-0.2, -0.15) is 0 Å². The standard InChI is InChI=1S/C11H16N2O4S/c1-3-13-18(15,16)11-8-12-6-4-10(11)5-7-17-9(2)14/h4,6,8,13H,3,5,7H2,1-2H3. The van der Waals surface area contributed by atoms with E-state index in [1.165, 1.54) is 19.3 Å². The van der Waals surface area contributed by atoms with E-state index in [1.807, 2.05) is 0 Å². The molecule has 100 valence electrons. The fourth-order valence-electron chi connectivity index (χ4n) is 1.43. The molecule has 1 aromatic rings. The molecule has 1 N–H and O–H groups in total. The number of ether oxygens (including phenoxy) is 1. The van der Waals surface area contributed by atoms with E-state index >= 15 is 0 Å². The van der Waals surface area contributed by atoms with Gasteiger partial charge in [-0.3, -0.25) is 9.78 Å². The second-order valence-electron chi connectivity index (χ2n) is 3.57. The van der Waals surface area contributed by atoms with Crippen molar-refractivity contribution in [2.45, 2.75) is 25.2 Å². The van der Waals surface area contributed by atoms with E-state index in [2.05, 4.69) is 9.71 Å². The molecule has 6 nitrogen and oxygen atoms in total. The normalized spacial score (nSPS) is 11.2. The van der Waals surface area contributed by atoms with Crippen LogP contribution in [0.5, 0.6) is 0 Å². The summed E-state index contributed by atoms with van der Waals surface area (Å²) in [5, 5.41) is 0. The van der Waals surface area contributed by atoms with Crippen molar-refractivity contribution >= 4 is 16.0 Å². The van der Waals surface area contributed by atoms with Crippen molar-refractivity contribution in [1.29, 1.82) is 0 Å². The molecule has 0 atom stereocenters. The zero-order chi connectivity index (χ0) is 13.6. The van der Waals surface area contributed by atoms with Crippen LogP contribution in [0.15, 0.2) is 23.4 Å². The van der Waals surface area contributed by atoms with Crippen molar-refractivity contribution in [3.05, 3.63) is 24.0 Å². The van der Waals surface area contributed by atoms with Crippen molar-refractivity contribution < 1.29 is 17.9 Å².